The van der Waals surface area contributed by atoms with Gasteiger partial charge in [0, 0.05) is 6.42 Å². The van der Waals surface area contributed by atoms with Crippen molar-refractivity contribution in [2.24, 2.45) is 11.8 Å². The summed E-state index contributed by atoms with van der Waals surface area (Å²) < 4.78 is 4.76. The Morgan fingerprint density at radius 1 is 1.33 bits per heavy atom. The predicted molar refractivity (Wildman–Crippen MR) is 72.9 cm³/mol. The number of benzene rings is 1. The van der Waals surface area contributed by atoms with Crippen molar-refractivity contribution in [3.63, 3.8) is 0 Å². The van der Waals surface area contributed by atoms with Crippen molar-refractivity contribution in [2.45, 2.75) is 25.7 Å². The van der Waals surface area contributed by atoms with E-state index in [0.29, 0.717) is 18.3 Å². The molecule has 2 atom stereocenters. The molecule has 1 fully saturated rings. The van der Waals surface area contributed by atoms with Crippen LogP contribution in [-0.2, 0) is 9.53 Å². The van der Waals surface area contributed by atoms with Gasteiger partial charge in [0.1, 0.15) is 0 Å². The summed E-state index contributed by atoms with van der Waals surface area (Å²) in [5.74, 6) is 0.890. The number of carbonyl (C=O) groups excluding carboxylic acids is 1. The van der Waals surface area contributed by atoms with Crippen molar-refractivity contribution in [1.82, 2.24) is 0 Å². The lowest BCUT2D eigenvalue weighted by molar-refractivity contribution is -0.141. The lowest BCUT2D eigenvalue weighted by atomic mass is 9.92. The third kappa shape index (κ3) is 3.46. The largest absolute Gasteiger partial charge is 0.469 e. The summed E-state index contributed by atoms with van der Waals surface area (Å²) >= 11 is 0. The molecule has 1 aliphatic carbocycles. The van der Waals surface area contributed by atoms with Gasteiger partial charge in [-0.2, -0.15) is 0 Å². The van der Waals surface area contributed by atoms with E-state index in [1.54, 1.807) is 0 Å². The number of allylic oxidation sites excluding steroid dienone is 1. The zero-order chi connectivity index (χ0) is 12.8. The Morgan fingerprint density at radius 2 is 2.11 bits per heavy atom. The van der Waals surface area contributed by atoms with Crippen LogP contribution >= 0.6 is 0 Å². The number of carbonyl (C=O) groups is 1. The highest BCUT2D eigenvalue weighted by Crippen LogP contribution is 2.35. The van der Waals surface area contributed by atoms with Gasteiger partial charge in [-0.15, -0.1) is 0 Å². The zero-order valence-electron chi connectivity index (χ0n) is 10.8. The van der Waals surface area contributed by atoms with E-state index in [2.05, 4.69) is 24.3 Å². The molecule has 0 unspecified atom stereocenters. The van der Waals surface area contributed by atoms with Crippen molar-refractivity contribution in [1.29, 1.82) is 0 Å². The first-order valence-electron chi connectivity index (χ1n) is 6.59. The SMILES string of the molecule is COC(=O)C[C@@H]1CCC[C@@H]1/C=C/c1ccccc1. The van der Waals surface area contributed by atoms with Crippen LogP contribution in [-0.4, -0.2) is 13.1 Å². The Kier molecular flexibility index (Phi) is 4.57. The van der Waals surface area contributed by atoms with Gasteiger partial charge >= 0.3 is 5.97 Å². The summed E-state index contributed by atoms with van der Waals surface area (Å²) in [6.07, 6.45) is 8.52. The van der Waals surface area contributed by atoms with Gasteiger partial charge in [0.05, 0.1) is 7.11 Å². The molecule has 2 rings (SSSR count). The molecule has 2 heteroatoms. The lowest BCUT2D eigenvalue weighted by Crippen LogP contribution is -2.12. The maximum absolute atomic E-state index is 11.3. The quantitative estimate of drug-likeness (QED) is 0.755. The maximum atomic E-state index is 11.3. The van der Waals surface area contributed by atoms with Gasteiger partial charge in [0.15, 0.2) is 0 Å². The van der Waals surface area contributed by atoms with Crippen LogP contribution in [0, 0.1) is 11.8 Å². The lowest BCUT2D eigenvalue weighted by Gasteiger charge is -2.14. The van der Waals surface area contributed by atoms with Gasteiger partial charge in [0.2, 0.25) is 0 Å². The average molecular weight is 244 g/mol. The first-order chi connectivity index (χ1) is 8.79. The van der Waals surface area contributed by atoms with Crippen LogP contribution in [0.15, 0.2) is 36.4 Å². The molecule has 0 aliphatic heterocycles. The molecule has 1 aliphatic rings. The molecular weight excluding hydrogens is 224 g/mol. The molecule has 1 aromatic carbocycles. The molecule has 96 valence electrons. The fraction of sp³-hybridized carbons (Fsp3) is 0.438. The van der Waals surface area contributed by atoms with Crippen LogP contribution < -0.4 is 0 Å². The second-order valence-corrected chi connectivity index (χ2v) is 4.90. The molecule has 0 spiro atoms. The number of ether oxygens (including phenoxy) is 1. The summed E-state index contributed by atoms with van der Waals surface area (Å²) in [5.41, 5.74) is 1.22. The highest BCUT2D eigenvalue weighted by molar-refractivity contribution is 5.69. The number of hydrogen-bond acceptors (Lipinski definition) is 2. The van der Waals surface area contributed by atoms with Crippen molar-refractivity contribution in [3.05, 3.63) is 42.0 Å². The molecule has 0 amide bonds. The minimum atomic E-state index is -0.0833. The summed E-state index contributed by atoms with van der Waals surface area (Å²) in [7, 11) is 1.46. The minimum absolute atomic E-state index is 0.0833. The van der Waals surface area contributed by atoms with E-state index in [4.69, 9.17) is 4.74 Å². The first kappa shape index (κ1) is 12.9. The van der Waals surface area contributed by atoms with Gasteiger partial charge in [0.25, 0.3) is 0 Å². The van der Waals surface area contributed by atoms with Crippen molar-refractivity contribution < 1.29 is 9.53 Å². The Labute approximate surface area is 109 Å². The predicted octanol–water partition coefficient (Wildman–Crippen LogP) is 3.68. The third-order valence-electron chi connectivity index (χ3n) is 3.71. The van der Waals surface area contributed by atoms with Crippen molar-refractivity contribution in [3.8, 4) is 0 Å². The van der Waals surface area contributed by atoms with E-state index in [-0.39, 0.29) is 5.97 Å². The van der Waals surface area contributed by atoms with E-state index < -0.39 is 0 Å². The summed E-state index contributed by atoms with van der Waals surface area (Å²) in [6, 6.07) is 10.3. The summed E-state index contributed by atoms with van der Waals surface area (Å²) in [4.78, 5) is 11.3. The fourth-order valence-corrected chi connectivity index (χ4v) is 2.67. The molecule has 0 saturated heterocycles. The van der Waals surface area contributed by atoms with Crippen LogP contribution in [0.1, 0.15) is 31.2 Å². The highest BCUT2D eigenvalue weighted by Gasteiger charge is 2.27. The zero-order valence-corrected chi connectivity index (χ0v) is 10.8. The third-order valence-corrected chi connectivity index (χ3v) is 3.71. The molecule has 0 N–H and O–H groups in total. The summed E-state index contributed by atoms with van der Waals surface area (Å²) in [6.45, 7) is 0. The minimum Gasteiger partial charge on any atom is -0.469 e. The number of hydrogen-bond donors (Lipinski definition) is 0. The molecule has 2 nitrogen and oxygen atoms in total. The van der Waals surface area contributed by atoms with E-state index in [9.17, 15) is 4.79 Å². The molecule has 1 saturated carbocycles. The van der Waals surface area contributed by atoms with Crippen LogP contribution in [0.2, 0.25) is 0 Å². The number of rotatable bonds is 4. The van der Waals surface area contributed by atoms with Crippen LogP contribution in [0.25, 0.3) is 6.08 Å². The molecule has 0 radical (unpaired) electrons. The van der Waals surface area contributed by atoms with Crippen molar-refractivity contribution >= 4 is 12.0 Å². The number of esters is 1. The maximum Gasteiger partial charge on any atom is 0.305 e. The second-order valence-electron chi connectivity index (χ2n) is 4.90. The molecule has 0 bridgehead atoms. The van der Waals surface area contributed by atoms with E-state index in [1.807, 2.05) is 18.2 Å². The fourth-order valence-electron chi connectivity index (χ4n) is 2.67. The average Bonchev–Trinajstić information content (AvgIpc) is 2.84. The van der Waals surface area contributed by atoms with Crippen LogP contribution in [0.4, 0.5) is 0 Å². The monoisotopic (exact) mass is 244 g/mol. The molecule has 18 heavy (non-hydrogen) atoms. The van der Waals surface area contributed by atoms with Gasteiger partial charge in [-0.3, -0.25) is 4.79 Å². The van der Waals surface area contributed by atoms with Crippen LogP contribution in [0.3, 0.4) is 0 Å². The Morgan fingerprint density at radius 3 is 2.83 bits per heavy atom. The van der Waals surface area contributed by atoms with E-state index in [0.717, 1.165) is 6.42 Å². The molecular formula is C16H20O2. The number of methoxy groups -OCH3 is 1. The molecule has 1 aromatic rings. The normalized spacial score (nSPS) is 23.4. The van der Waals surface area contributed by atoms with Gasteiger partial charge in [-0.05, 0) is 30.2 Å². The molecule has 0 heterocycles. The standard InChI is InChI=1S/C16H20O2/c1-18-16(17)12-15-9-5-8-14(15)11-10-13-6-3-2-4-7-13/h2-4,6-7,10-11,14-15H,5,8-9,12H2,1H3/b11-10+/t14-,15+/m1/s1. The Bertz CT molecular complexity index is 408. The van der Waals surface area contributed by atoms with Gasteiger partial charge in [-0.1, -0.05) is 48.9 Å². The van der Waals surface area contributed by atoms with Gasteiger partial charge < -0.3 is 4.74 Å². The second kappa shape index (κ2) is 6.39. The first-order valence-corrected chi connectivity index (χ1v) is 6.59. The smallest absolute Gasteiger partial charge is 0.305 e. The molecule has 0 aromatic heterocycles. The van der Waals surface area contributed by atoms with Crippen LogP contribution in [0.5, 0.6) is 0 Å². The van der Waals surface area contributed by atoms with E-state index in [1.165, 1.54) is 25.5 Å². The highest BCUT2D eigenvalue weighted by atomic mass is 16.5. The van der Waals surface area contributed by atoms with Gasteiger partial charge in [-0.25, -0.2) is 0 Å². The Hall–Kier alpha value is -1.57. The van der Waals surface area contributed by atoms with E-state index >= 15 is 0 Å². The van der Waals surface area contributed by atoms with Crippen molar-refractivity contribution in [2.75, 3.05) is 7.11 Å². The summed E-state index contributed by atoms with van der Waals surface area (Å²) in [5, 5.41) is 0. The topological polar surface area (TPSA) is 26.3 Å². The Balaban J connectivity index is 1.95.